The van der Waals surface area contributed by atoms with Crippen LogP contribution in [0.15, 0.2) is 45.4 Å². The third kappa shape index (κ3) is 2.73. The number of benzene rings is 2. The van der Waals surface area contributed by atoms with Gasteiger partial charge >= 0.3 is 5.97 Å². The number of nitrogens with zero attached hydrogens (tertiary/aromatic N) is 2. The van der Waals surface area contributed by atoms with Crippen molar-refractivity contribution in [3.63, 3.8) is 0 Å². The summed E-state index contributed by atoms with van der Waals surface area (Å²) in [6.45, 7) is 0. The molecule has 0 fully saturated rings. The van der Waals surface area contributed by atoms with E-state index in [2.05, 4.69) is 26.4 Å². The summed E-state index contributed by atoms with van der Waals surface area (Å²) < 4.78 is 5.82. The first-order chi connectivity index (χ1) is 11.5. The molecular formula is C16H8BrN3O4. The molecule has 0 radical (unpaired) electrons. The monoisotopic (exact) mass is 385 g/mol. The lowest BCUT2D eigenvalue weighted by Crippen LogP contribution is -2.16. The van der Waals surface area contributed by atoms with Gasteiger partial charge in [-0.2, -0.15) is 5.26 Å². The highest BCUT2D eigenvalue weighted by atomic mass is 79.9. The number of fused-ring (bicyclic) bond motifs is 1. The first kappa shape index (κ1) is 15.7. The minimum Gasteiger partial charge on any atom is -0.478 e. The molecule has 3 aromatic rings. The number of nitriles is 1. The Morgan fingerprint density at radius 3 is 2.79 bits per heavy atom. The summed E-state index contributed by atoms with van der Waals surface area (Å²) in [6.07, 6.45) is 0. The molecule has 8 heteroatoms. The Labute approximate surface area is 143 Å². The zero-order valence-electron chi connectivity index (χ0n) is 11.9. The van der Waals surface area contributed by atoms with Gasteiger partial charge in [0.25, 0.3) is 5.91 Å². The number of aromatic carboxylic acids is 1. The zero-order valence-corrected chi connectivity index (χ0v) is 13.5. The fourth-order valence-electron chi connectivity index (χ4n) is 2.21. The van der Waals surface area contributed by atoms with E-state index >= 15 is 0 Å². The third-order valence-corrected chi connectivity index (χ3v) is 3.79. The summed E-state index contributed by atoms with van der Waals surface area (Å²) in [7, 11) is 0. The van der Waals surface area contributed by atoms with Crippen molar-refractivity contribution in [2.24, 2.45) is 0 Å². The molecule has 0 saturated heterocycles. The molecule has 24 heavy (non-hydrogen) atoms. The Bertz CT molecular complexity index is 1020. The first-order valence-corrected chi connectivity index (χ1v) is 7.43. The van der Waals surface area contributed by atoms with Gasteiger partial charge in [0, 0.05) is 4.47 Å². The number of carbonyl (C=O) groups is 2. The number of carboxylic acid groups (broad SMARTS) is 1. The number of carboxylic acids is 1. The maximum absolute atomic E-state index is 12.5. The fraction of sp³-hybridized carbons (Fsp3) is 0. The molecule has 1 heterocycles. The van der Waals surface area contributed by atoms with E-state index in [1.54, 1.807) is 18.2 Å². The van der Waals surface area contributed by atoms with E-state index in [9.17, 15) is 14.7 Å². The van der Waals surface area contributed by atoms with E-state index < -0.39 is 11.9 Å². The second-order valence-corrected chi connectivity index (χ2v) is 5.69. The second-order valence-electron chi connectivity index (χ2n) is 4.77. The molecule has 1 aromatic heterocycles. The van der Waals surface area contributed by atoms with Crippen LogP contribution in [0.2, 0.25) is 0 Å². The van der Waals surface area contributed by atoms with Crippen LogP contribution in [0.25, 0.3) is 11.0 Å². The topological polar surface area (TPSA) is 116 Å². The molecule has 0 bridgehead atoms. The van der Waals surface area contributed by atoms with Gasteiger partial charge in [-0.1, -0.05) is 27.2 Å². The molecule has 0 spiro atoms. The van der Waals surface area contributed by atoms with Gasteiger partial charge in [0.1, 0.15) is 6.07 Å². The number of halogens is 1. The summed E-state index contributed by atoms with van der Waals surface area (Å²) in [5.41, 5.74) is 0.183. The predicted molar refractivity (Wildman–Crippen MR) is 87.8 cm³/mol. The Hall–Kier alpha value is -3.18. The number of anilines is 1. The van der Waals surface area contributed by atoms with Crippen LogP contribution in [0.5, 0.6) is 0 Å². The second kappa shape index (κ2) is 6.14. The number of carbonyl (C=O) groups excluding carboxylic acids is 1. The Balaban J connectivity index is 2.05. The number of rotatable bonds is 3. The lowest BCUT2D eigenvalue weighted by Gasteiger charge is -2.09. The first-order valence-electron chi connectivity index (χ1n) is 6.64. The number of nitrogens with one attached hydrogen (secondary N) is 1. The fourth-order valence-corrected chi connectivity index (χ4v) is 2.57. The molecule has 118 valence electrons. The lowest BCUT2D eigenvalue weighted by atomic mass is 10.1. The molecule has 3 rings (SSSR count). The molecule has 0 unspecified atom stereocenters. The highest BCUT2D eigenvalue weighted by molar-refractivity contribution is 9.10. The van der Waals surface area contributed by atoms with Crippen molar-refractivity contribution >= 4 is 44.5 Å². The maximum atomic E-state index is 12.5. The van der Waals surface area contributed by atoms with Gasteiger partial charge in [-0.15, -0.1) is 0 Å². The van der Waals surface area contributed by atoms with Gasteiger partial charge in [-0.3, -0.25) is 4.79 Å². The minimum absolute atomic E-state index is 0.00428. The number of aromatic nitrogens is 1. The van der Waals surface area contributed by atoms with Crippen molar-refractivity contribution < 1.29 is 19.2 Å². The van der Waals surface area contributed by atoms with E-state index in [1.165, 1.54) is 18.2 Å². The van der Waals surface area contributed by atoms with Gasteiger partial charge in [0.15, 0.2) is 11.3 Å². The van der Waals surface area contributed by atoms with Gasteiger partial charge in [-0.25, -0.2) is 4.79 Å². The number of amides is 1. The number of para-hydroxylation sites is 1. The van der Waals surface area contributed by atoms with Crippen LogP contribution in [-0.4, -0.2) is 22.1 Å². The summed E-state index contributed by atoms with van der Waals surface area (Å²) in [6, 6.07) is 11.1. The smallest absolute Gasteiger partial charge is 0.337 e. The zero-order chi connectivity index (χ0) is 17.3. The number of hydrogen-bond acceptors (Lipinski definition) is 5. The van der Waals surface area contributed by atoms with Crippen molar-refractivity contribution in [2.75, 3.05) is 5.32 Å². The van der Waals surface area contributed by atoms with Crippen LogP contribution in [0.3, 0.4) is 0 Å². The van der Waals surface area contributed by atoms with Gasteiger partial charge < -0.3 is 14.9 Å². The molecule has 0 aliphatic rings. The molecule has 0 aliphatic heterocycles. The SMILES string of the molecule is N#Cc1cccc(C(=O)O)c1NC(=O)c1noc2ccc(Br)cc12. The van der Waals surface area contributed by atoms with Crippen LogP contribution in [0.4, 0.5) is 5.69 Å². The Morgan fingerprint density at radius 2 is 2.08 bits per heavy atom. The van der Waals surface area contributed by atoms with Crippen molar-refractivity contribution in [3.05, 3.63) is 57.7 Å². The Morgan fingerprint density at radius 1 is 1.29 bits per heavy atom. The summed E-state index contributed by atoms with van der Waals surface area (Å²) in [5.74, 6) is -1.92. The van der Waals surface area contributed by atoms with Crippen molar-refractivity contribution in [3.8, 4) is 6.07 Å². The molecule has 0 atom stereocenters. The molecule has 0 aliphatic carbocycles. The van der Waals surface area contributed by atoms with Crippen LogP contribution in [0, 0.1) is 11.3 Å². The van der Waals surface area contributed by atoms with Crippen molar-refractivity contribution in [2.45, 2.75) is 0 Å². The minimum atomic E-state index is -1.25. The van der Waals surface area contributed by atoms with Gasteiger partial charge in [-0.05, 0) is 30.3 Å². The number of hydrogen-bond donors (Lipinski definition) is 2. The van der Waals surface area contributed by atoms with E-state index in [4.69, 9.17) is 9.78 Å². The molecule has 0 saturated carbocycles. The van der Waals surface area contributed by atoms with Crippen LogP contribution in [0.1, 0.15) is 26.4 Å². The largest absolute Gasteiger partial charge is 0.478 e. The molecule has 7 nitrogen and oxygen atoms in total. The van der Waals surface area contributed by atoms with Crippen LogP contribution >= 0.6 is 15.9 Å². The van der Waals surface area contributed by atoms with Gasteiger partial charge in [0.2, 0.25) is 0 Å². The van der Waals surface area contributed by atoms with Crippen LogP contribution < -0.4 is 5.32 Å². The maximum Gasteiger partial charge on any atom is 0.337 e. The highest BCUT2D eigenvalue weighted by Gasteiger charge is 2.21. The van der Waals surface area contributed by atoms with E-state index in [0.717, 1.165) is 4.47 Å². The lowest BCUT2D eigenvalue weighted by molar-refractivity contribution is 0.0698. The van der Waals surface area contributed by atoms with Crippen molar-refractivity contribution in [1.29, 1.82) is 5.26 Å². The normalized spacial score (nSPS) is 10.3. The molecule has 2 N–H and O–H groups in total. The molecule has 2 aromatic carbocycles. The molecular weight excluding hydrogens is 378 g/mol. The van der Waals surface area contributed by atoms with E-state index in [0.29, 0.717) is 11.0 Å². The quantitative estimate of drug-likeness (QED) is 0.713. The third-order valence-electron chi connectivity index (χ3n) is 3.30. The van der Waals surface area contributed by atoms with Gasteiger partial charge in [0.05, 0.1) is 22.2 Å². The van der Waals surface area contributed by atoms with Crippen molar-refractivity contribution in [1.82, 2.24) is 5.16 Å². The molecule has 1 amide bonds. The summed E-state index contributed by atoms with van der Waals surface area (Å²) >= 11 is 3.30. The highest BCUT2D eigenvalue weighted by Crippen LogP contribution is 2.25. The average molecular weight is 386 g/mol. The summed E-state index contributed by atoms with van der Waals surface area (Å²) in [5, 5.41) is 25.0. The standard InChI is InChI=1S/C16H8BrN3O4/c17-9-4-5-12-11(6-9)14(20-24-12)15(21)19-13-8(7-18)2-1-3-10(13)16(22)23/h1-6H,(H,19,21)(H,22,23). The Kier molecular flexibility index (Phi) is 4.02. The average Bonchev–Trinajstić information content (AvgIpc) is 2.97. The van der Waals surface area contributed by atoms with E-state index in [1.807, 2.05) is 6.07 Å². The predicted octanol–water partition coefficient (Wildman–Crippen LogP) is 3.41. The summed E-state index contributed by atoms with van der Waals surface area (Å²) in [4.78, 5) is 23.8. The van der Waals surface area contributed by atoms with Crippen LogP contribution in [-0.2, 0) is 0 Å². The van der Waals surface area contributed by atoms with E-state index in [-0.39, 0.29) is 22.5 Å².